The van der Waals surface area contributed by atoms with Gasteiger partial charge in [0.05, 0.1) is 11.8 Å². The van der Waals surface area contributed by atoms with Crippen LogP contribution < -0.4 is 0 Å². The van der Waals surface area contributed by atoms with E-state index in [1.165, 1.54) is 11.3 Å². The van der Waals surface area contributed by atoms with E-state index in [9.17, 15) is 9.90 Å². The highest BCUT2D eigenvalue weighted by molar-refractivity contribution is 8.00. The molecule has 0 bridgehead atoms. The molecule has 0 aromatic carbocycles. The first-order valence-electron chi connectivity index (χ1n) is 7.57. The van der Waals surface area contributed by atoms with Crippen molar-refractivity contribution in [3.05, 3.63) is 41.2 Å². The molecule has 122 valence electrons. The van der Waals surface area contributed by atoms with Crippen LogP contribution in [0.25, 0.3) is 0 Å². The van der Waals surface area contributed by atoms with Gasteiger partial charge in [0.1, 0.15) is 10.0 Å². The minimum absolute atomic E-state index is 0.00711. The van der Waals surface area contributed by atoms with Crippen molar-refractivity contribution in [2.45, 2.75) is 23.3 Å². The van der Waals surface area contributed by atoms with Gasteiger partial charge in [0.2, 0.25) is 0 Å². The number of pyridine rings is 1. The van der Waals surface area contributed by atoms with Crippen molar-refractivity contribution in [2.24, 2.45) is 5.92 Å². The third-order valence-electron chi connectivity index (χ3n) is 4.14. The maximum atomic E-state index is 12.5. The van der Waals surface area contributed by atoms with Gasteiger partial charge in [-0.05, 0) is 37.1 Å². The summed E-state index contributed by atoms with van der Waals surface area (Å²) in [6.45, 7) is 1.30. The number of thioether (sulfide) groups is 1. The molecule has 3 rings (SSSR count). The number of carbonyl (C=O) groups excluding carboxylic acids is 1. The lowest BCUT2D eigenvalue weighted by Gasteiger charge is -2.33. The van der Waals surface area contributed by atoms with Crippen molar-refractivity contribution in [1.29, 1.82) is 0 Å². The van der Waals surface area contributed by atoms with Crippen LogP contribution >= 0.6 is 23.1 Å². The highest BCUT2D eigenvalue weighted by Crippen LogP contribution is 2.30. The van der Waals surface area contributed by atoms with Crippen LogP contribution in [0.2, 0.25) is 0 Å². The number of aliphatic hydroxyl groups excluding tert-OH is 1. The lowest BCUT2D eigenvalue weighted by molar-refractivity contribution is 0.0444. The molecule has 1 atom stereocenters. The average molecular weight is 349 g/mol. The van der Waals surface area contributed by atoms with E-state index in [4.69, 9.17) is 0 Å². The minimum atomic E-state index is -0.559. The number of hydrogen-bond acceptors (Lipinski definition) is 6. The van der Waals surface area contributed by atoms with Crippen LogP contribution in [0.15, 0.2) is 34.1 Å². The van der Waals surface area contributed by atoms with Gasteiger partial charge in [-0.25, -0.2) is 4.98 Å². The molecule has 0 aliphatic carbocycles. The van der Waals surface area contributed by atoms with Gasteiger partial charge < -0.3 is 10.0 Å². The molecule has 1 unspecified atom stereocenters. The summed E-state index contributed by atoms with van der Waals surface area (Å²) in [5, 5.41) is 12.3. The summed E-state index contributed by atoms with van der Waals surface area (Å²) in [5.74, 6) is 0.137. The molecule has 23 heavy (non-hydrogen) atoms. The molecule has 7 heteroatoms. The van der Waals surface area contributed by atoms with Crippen molar-refractivity contribution < 1.29 is 9.90 Å². The second-order valence-electron chi connectivity index (χ2n) is 5.53. The minimum Gasteiger partial charge on any atom is -0.387 e. The third kappa shape index (κ3) is 3.73. The first-order chi connectivity index (χ1) is 11.2. The van der Waals surface area contributed by atoms with Crippen molar-refractivity contribution in [3.63, 3.8) is 0 Å². The Hall–Kier alpha value is -1.44. The number of carbonyl (C=O) groups is 1. The lowest BCUT2D eigenvalue weighted by atomic mass is 9.89. The number of amides is 1. The molecule has 5 nitrogen and oxygen atoms in total. The predicted molar refractivity (Wildman–Crippen MR) is 91.7 cm³/mol. The normalized spacial score (nSPS) is 17.2. The van der Waals surface area contributed by atoms with Crippen molar-refractivity contribution in [1.82, 2.24) is 14.9 Å². The maximum Gasteiger partial charge on any atom is 0.273 e. The molecule has 2 aromatic heterocycles. The summed E-state index contributed by atoms with van der Waals surface area (Å²) in [6, 6.07) is 5.57. The molecule has 1 aliphatic heterocycles. The van der Waals surface area contributed by atoms with E-state index in [1.54, 1.807) is 18.0 Å². The molecule has 1 fully saturated rings. The van der Waals surface area contributed by atoms with E-state index < -0.39 is 6.10 Å². The maximum absolute atomic E-state index is 12.5. The Morgan fingerprint density at radius 3 is 2.83 bits per heavy atom. The van der Waals surface area contributed by atoms with Gasteiger partial charge in [0.15, 0.2) is 0 Å². The molecule has 1 aliphatic rings. The first-order valence-corrected chi connectivity index (χ1v) is 9.67. The summed E-state index contributed by atoms with van der Waals surface area (Å²) in [6.07, 6.45) is 4.66. The van der Waals surface area contributed by atoms with Crippen LogP contribution in [0.3, 0.4) is 0 Å². The second kappa shape index (κ2) is 7.42. The zero-order valence-electron chi connectivity index (χ0n) is 12.9. The summed E-state index contributed by atoms with van der Waals surface area (Å²) < 4.78 is 0.911. The van der Waals surface area contributed by atoms with Crippen LogP contribution in [0.5, 0.6) is 0 Å². The number of aliphatic hydroxyl groups is 1. The molecule has 1 amide bonds. The standard InChI is InChI=1S/C16H19N3O2S2/c1-22-16-18-13(10-23-16)15(21)19-8-5-11(6-9-19)14(20)12-4-2-3-7-17-12/h2-4,7,10-11,14,20H,5-6,8-9H2,1H3. The Morgan fingerprint density at radius 1 is 1.43 bits per heavy atom. The van der Waals surface area contributed by atoms with Crippen molar-refractivity contribution in [2.75, 3.05) is 19.3 Å². The van der Waals surface area contributed by atoms with Crippen LogP contribution in [0.1, 0.15) is 35.1 Å². The zero-order chi connectivity index (χ0) is 16.2. The fraction of sp³-hybridized carbons (Fsp3) is 0.438. The number of thiazole rings is 1. The Bertz CT molecular complexity index is 654. The largest absolute Gasteiger partial charge is 0.387 e. The van der Waals surface area contributed by atoms with Crippen LogP contribution in [0.4, 0.5) is 0 Å². The smallest absolute Gasteiger partial charge is 0.273 e. The highest BCUT2D eigenvalue weighted by atomic mass is 32.2. The van der Waals surface area contributed by atoms with Gasteiger partial charge in [-0.15, -0.1) is 11.3 Å². The Labute approximate surface area is 143 Å². The van der Waals surface area contributed by atoms with E-state index in [1.807, 2.05) is 34.7 Å². The van der Waals surface area contributed by atoms with Gasteiger partial charge in [-0.2, -0.15) is 0 Å². The fourth-order valence-electron chi connectivity index (χ4n) is 2.82. The molecule has 1 N–H and O–H groups in total. The van der Waals surface area contributed by atoms with Gasteiger partial charge in [0, 0.05) is 24.7 Å². The Morgan fingerprint density at radius 2 is 2.22 bits per heavy atom. The SMILES string of the molecule is CSc1nc(C(=O)N2CCC(C(O)c3ccccn3)CC2)cs1. The van der Waals surface area contributed by atoms with Crippen LogP contribution in [-0.4, -0.2) is 45.2 Å². The molecule has 3 heterocycles. The van der Waals surface area contributed by atoms with Crippen molar-refractivity contribution >= 4 is 29.0 Å². The Kier molecular flexibility index (Phi) is 5.30. The van der Waals surface area contributed by atoms with E-state index in [2.05, 4.69) is 9.97 Å². The number of nitrogens with zero attached hydrogens (tertiary/aromatic N) is 3. The first kappa shape index (κ1) is 16.4. The molecule has 2 aromatic rings. The number of rotatable bonds is 4. The van der Waals surface area contributed by atoms with E-state index in [-0.39, 0.29) is 11.8 Å². The molecule has 1 saturated heterocycles. The summed E-state index contributed by atoms with van der Waals surface area (Å²) in [4.78, 5) is 22.9. The van der Waals surface area contributed by atoms with E-state index in [0.29, 0.717) is 24.5 Å². The highest BCUT2D eigenvalue weighted by Gasteiger charge is 2.29. The number of aromatic nitrogens is 2. The van der Waals surface area contributed by atoms with Gasteiger partial charge >= 0.3 is 0 Å². The zero-order valence-corrected chi connectivity index (χ0v) is 14.5. The van der Waals surface area contributed by atoms with Crippen LogP contribution in [-0.2, 0) is 0 Å². The van der Waals surface area contributed by atoms with E-state index in [0.717, 1.165) is 17.2 Å². The average Bonchev–Trinajstić information content (AvgIpc) is 3.10. The summed E-state index contributed by atoms with van der Waals surface area (Å²) in [7, 11) is 0. The van der Waals surface area contributed by atoms with Crippen LogP contribution in [0, 0.1) is 5.92 Å². The van der Waals surface area contributed by atoms with Crippen molar-refractivity contribution in [3.8, 4) is 0 Å². The van der Waals surface area contributed by atoms with Gasteiger partial charge in [0.25, 0.3) is 5.91 Å². The third-order valence-corrected chi connectivity index (χ3v) is 6.00. The Balaban J connectivity index is 1.59. The van der Waals surface area contributed by atoms with Gasteiger partial charge in [-0.3, -0.25) is 9.78 Å². The number of likely N-dealkylation sites (tertiary alicyclic amines) is 1. The predicted octanol–water partition coefficient (Wildman–Crippen LogP) is 2.85. The lowest BCUT2D eigenvalue weighted by Crippen LogP contribution is -2.40. The van der Waals surface area contributed by atoms with Gasteiger partial charge in [-0.1, -0.05) is 17.8 Å². The fourth-order valence-corrected chi connectivity index (χ4v) is 4.06. The monoisotopic (exact) mass is 349 g/mol. The summed E-state index contributed by atoms with van der Waals surface area (Å²) >= 11 is 3.05. The molecule has 0 radical (unpaired) electrons. The molecular weight excluding hydrogens is 330 g/mol. The molecule has 0 saturated carbocycles. The number of hydrogen-bond donors (Lipinski definition) is 1. The molecule has 0 spiro atoms. The summed E-state index contributed by atoms with van der Waals surface area (Å²) in [5.41, 5.74) is 1.24. The van der Waals surface area contributed by atoms with E-state index >= 15 is 0 Å². The second-order valence-corrected chi connectivity index (χ2v) is 7.44. The number of piperidine rings is 1. The topological polar surface area (TPSA) is 66.3 Å². The molecular formula is C16H19N3O2S2. The quantitative estimate of drug-likeness (QED) is 0.860.